The molecule has 0 spiro atoms. The summed E-state index contributed by atoms with van der Waals surface area (Å²) in [7, 11) is 0. The number of hydrogen-bond acceptors (Lipinski definition) is 3. The third-order valence-corrected chi connectivity index (χ3v) is 4.55. The average Bonchev–Trinajstić information content (AvgIpc) is 2.68. The molecule has 0 saturated carbocycles. The van der Waals surface area contributed by atoms with Crippen LogP contribution in [0.1, 0.15) is 42.2 Å². The van der Waals surface area contributed by atoms with Gasteiger partial charge in [0, 0.05) is 23.1 Å². The van der Waals surface area contributed by atoms with Crippen LogP contribution in [0.5, 0.6) is 0 Å². The lowest BCUT2D eigenvalue weighted by atomic mass is 9.92. The van der Waals surface area contributed by atoms with E-state index < -0.39 is 5.97 Å². The van der Waals surface area contributed by atoms with Crippen LogP contribution in [0.15, 0.2) is 54.6 Å². The SMILES string of the molecule is Cc1ccc(C=O)c2c(C(=O)O)ccc(C(=O)NCCc3ccccc3)c12. The Hall–Kier alpha value is -3.47. The third-order valence-electron chi connectivity index (χ3n) is 4.55. The van der Waals surface area contributed by atoms with E-state index in [2.05, 4.69) is 5.32 Å². The van der Waals surface area contributed by atoms with Gasteiger partial charge in [-0.15, -0.1) is 0 Å². The average molecular weight is 361 g/mol. The number of carboxylic acids is 1. The Bertz CT molecular complexity index is 1030. The first-order chi connectivity index (χ1) is 13.0. The van der Waals surface area contributed by atoms with E-state index in [1.165, 1.54) is 12.1 Å². The zero-order valence-electron chi connectivity index (χ0n) is 14.9. The van der Waals surface area contributed by atoms with E-state index in [1.54, 1.807) is 19.1 Å². The van der Waals surface area contributed by atoms with Gasteiger partial charge in [0.05, 0.1) is 5.56 Å². The molecule has 0 unspecified atom stereocenters. The second-order valence-electron chi connectivity index (χ2n) is 6.30. The number of amides is 1. The predicted molar refractivity (Wildman–Crippen MR) is 104 cm³/mol. The Morgan fingerprint density at radius 1 is 0.963 bits per heavy atom. The number of carbonyl (C=O) groups excluding carboxylic acids is 2. The number of carbonyl (C=O) groups is 3. The quantitative estimate of drug-likeness (QED) is 0.657. The standard InChI is InChI=1S/C22H19NO4/c1-14-7-8-16(13-24)20-18(22(26)27)10-9-17(19(14)20)21(25)23-12-11-15-5-3-2-4-6-15/h2-10,13H,11-12H2,1H3,(H,23,25)(H,26,27). The number of benzene rings is 3. The van der Waals surface area contributed by atoms with E-state index >= 15 is 0 Å². The largest absolute Gasteiger partial charge is 0.478 e. The fourth-order valence-electron chi connectivity index (χ4n) is 3.22. The molecular weight excluding hydrogens is 342 g/mol. The molecule has 0 aliphatic carbocycles. The number of rotatable bonds is 6. The maximum Gasteiger partial charge on any atom is 0.336 e. The van der Waals surface area contributed by atoms with Gasteiger partial charge in [-0.25, -0.2) is 4.79 Å². The van der Waals surface area contributed by atoms with Crippen molar-refractivity contribution in [3.05, 3.63) is 82.4 Å². The van der Waals surface area contributed by atoms with E-state index in [0.717, 1.165) is 11.1 Å². The molecular formula is C22H19NO4. The highest BCUT2D eigenvalue weighted by Gasteiger charge is 2.19. The number of nitrogens with one attached hydrogen (secondary N) is 1. The van der Waals surface area contributed by atoms with Gasteiger partial charge in [0.1, 0.15) is 0 Å². The minimum Gasteiger partial charge on any atom is -0.478 e. The van der Waals surface area contributed by atoms with Crippen molar-refractivity contribution in [1.82, 2.24) is 5.32 Å². The van der Waals surface area contributed by atoms with Gasteiger partial charge in [-0.05, 0) is 42.0 Å². The first-order valence-electron chi connectivity index (χ1n) is 8.60. The van der Waals surface area contributed by atoms with Crippen LogP contribution in [0.2, 0.25) is 0 Å². The summed E-state index contributed by atoms with van der Waals surface area (Å²) in [5.41, 5.74) is 2.49. The van der Waals surface area contributed by atoms with Gasteiger partial charge in [-0.1, -0.05) is 42.5 Å². The van der Waals surface area contributed by atoms with Crippen molar-refractivity contribution in [3.63, 3.8) is 0 Å². The van der Waals surface area contributed by atoms with Crippen LogP contribution in [0.4, 0.5) is 0 Å². The Morgan fingerprint density at radius 3 is 2.33 bits per heavy atom. The highest BCUT2D eigenvalue weighted by atomic mass is 16.4. The Morgan fingerprint density at radius 2 is 1.67 bits per heavy atom. The molecule has 3 rings (SSSR count). The summed E-state index contributed by atoms with van der Waals surface area (Å²) < 4.78 is 0. The molecule has 3 aromatic carbocycles. The molecule has 5 heteroatoms. The molecule has 1 amide bonds. The molecule has 0 fully saturated rings. The van der Waals surface area contributed by atoms with Crippen molar-refractivity contribution in [2.24, 2.45) is 0 Å². The maximum absolute atomic E-state index is 12.7. The van der Waals surface area contributed by atoms with Gasteiger partial charge in [0.25, 0.3) is 5.91 Å². The molecule has 27 heavy (non-hydrogen) atoms. The summed E-state index contributed by atoms with van der Waals surface area (Å²) in [6, 6.07) is 16.0. The molecule has 0 aliphatic heterocycles. The number of fused-ring (bicyclic) bond motifs is 1. The van der Waals surface area contributed by atoms with Crippen molar-refractivity contribution in [2.45, 2.75) is 13.3 Å². The van der Waals surface area contributed by atoms with Crippen molar-refractivity contribution in [1.29, 1.82) is 0 Å². The van der Waals surface area contributed by atoms with Gasteiger partial charge in [0.15, 0.2) is 6.29 Å². The van der Waals surface area contributed by atoms with Gasteiger partial charge >= 0.3 is 5.97 Å². The summed E-state index contributed by atoms with van der Waals surface area (Å²) >= 11 is 0. The topological polar surface area (TPSA) is 83.5 Å². The maximum atomic E-state index is 12.7. The summed E-state index contributed by atoms with van der Waals surface area (Å²) in [5, 5.41) is 13.1. The molecule has 136 valence electrons. The van der Waals surface area contributed by atoms with Gasteiger partial charge in [-0.2, -0.15) is 0 Å². The van der Waals surface area contributed by atoms with E-state index in [0.29, 0.717) is 35.6 Å². The number of aldehydes is 1. The minimum absolute atomic E-state index is 0.0108. The molecule has 0 aromatic heterocycles. The summed E-state index contributed by atoms with van der Waals surface area (Å²) in [4.78, 5) is 35.7. The summed E-state index contributed by atoms with van der Waals surface area (Å²) in [6.45, 7) is 2.25. The third kappa shape index (κ3) is 3.72. The van der Waals surface area contributed by atoms with Gasteiger partial charge in [0.2, 0.25) is 0 Å². The van der Waals surface area contributed by atoms with Crippen molar-refractivity contribution < 1.29 is 19.5 Å². The van der Waals surface area contributed by atoms with E-state index in [-0.39, 0.29) is 17.0 Å². The molecule has 0 saturated heterocycles. The molecule has 0 heterocycles. The first-order valence-corrected chi connectivity index (χ1v) is 8.60. The number of hydrogen-bond donors (Lipinski definition) is 2. The molecule has 3 aromatic rings. The predicted octanol–water partition coefficient (Wildman–Crippen LogP) is 3.63. The second kappa shape index (κ2) is 7.83. The van der Waals surface area contributed by atoms with Crippen LogP contribution in [0.25, 0.3) is 10.8 Å². The van der Waals surface area contributed by atoms with Crippen molar-refractivity contribution in [3.8, 4) is 0 Å². The zero-order chi connectivity index (χ0) is 19.4. The Labute approximate surface area is 156 Å². The lowest BCUT2D eigenvalue weighted by Crippen LogP contribution is -2.26. The first kappa shape index (κ1) is 18.3. The minimum atomic E-state index is -1.13. The Balaban J connectivity index is 1.96. The lowest BCUT2D eigenvalue weighted by Gasteiger charge is -2.13. The fourth-order valence-corrected chi connectivity index (χ4v) is 3.22. The van der Waals surface area contributed by atoms with Crippen LogP contribution >= 0.6 is 0 Å². The molecule has 0 atom stereocenters. The van der Waals surface area contributed by atoms with Crippen LogP contribution in [-0.2, 0) is 6.42 Å². The molecule has 0 radical (unpaired) electrons. The van der Waals surface area contributed by atoms with E-state index in [1.807, 2.05) is 30.3 Å². The summed E-state index contributed by atoms with van der Waals surface area (Å²) in [5.74, 6) is -1.43. The van der Waals surface area contributed by atoms with Gasteiger partial charge < -0.3 is 10.4 Å². The van der Waals surface area contributed by atoms with Crippen LogP contribution < -0.4 is 5.32 Å². The van der Waals surface area contributed by atoms with Gasteiger partial charge in [-0.3, -0.25) is 9.59 Å². The molecule has 5 nitrogen and oxygen atoms in total. The molecule has 2 N–H and O–H groups in total. The van der Waals surface area contributed by atoms with Crippen molar-refractivity contribution in [2.75, 3.05) is 6.54 Å². The zero-order valence-corrected chi connectivity index (χ0v) is 14.9. The number of carboxylic acid groups (broad SMARTS) is 1. The Kier molecular flexibility index (Phi) is 5.31. The molecule has 0 aliphatic rings. The highest BCUT2D eigenvalue weighted by molar-refractivity contribution is 6.17. The highest BCUT2D eigenvalue weighted by Crippen LogP contribution is 2.29. The molecule has 0 bridgehead atoms. The van der Waals surface area contributed by atoms with E-state index in [9.17, 15) is 19.5 Å². The van der Waals surface area contributed by atoms with Crippen LogP contribution in [0.3, 0.4) is 0 Å². The van der Waals surface area contributed by atoms with Crippen LogP contribution in [-0.4, -0.2) is 29.8 Å². The number of aryl methyl sites for hydroxylation is 1. The lowest BCUT2D eigenvalue weighted by molar-refractivity contribution is 0.0698. The smallest absolute Gasteiger partial charge is 0.336 e. The second-order valence-corrected chi connectivity index (χ2v) is 6.30. The van der Waals surface area contributed by atoms with E-state index in [4.69, 9.17) is 0 Å². The number of aromatic carboxylic acids is 1. The monoisotopic (exact) mass is 361 g/mol. The summed E-state index contributed by atoms with van der Waals surface area (Å²) in [6.07, 6.45) is 1.31. The van der Waals surface area contributed by atoms with Crippen LogP contribution in [0, 0.1) is 6.92 Å². The fraction of sp³-hybridized carbons (Fsp3) is 0.136. The van der Waals surface area contributed by atoms with Crippen molar-refractivity contribution >= 4 is 28.9 Å². The normalized spacial score (nSPS) is 10.6.